The molecule has 1 aromatic carbocycles. The lowest BCUT2D eigenvalue weighted by Gasteiger charge is -2.33. The monoisotopic (exact) mass is 436 g/mol. The number of amides is 2. The summed E-state index contributed by atoms with van der Waals surface area (Å²) in [5, 5.41) is 0.504. The third-order valence-electron chi connectivity index (χ3n) is 5.92. The summed E-state index contributed by atoms with van der Waals surface area (Å²) < 4.78 is 0. The van der Waals surface area contributed by atoms with E-state index < -0.39 is 0 Å². The standard InChI is InChI=1S/C24H28N4O2S/c1-16-14-17(2)26-24(25-16)31-21-20(27(3)19-12-8-5-9-13-19)22(29)28(23(21)30)15-18-10-6-4-7-11-18/h4,6-7,10-11,14,19H,5,8-9,12-13,15H2,1-3H3. The van der Waals surface area contributed by atoms with E-state index in [1.165, 1.54) is 23.1 Å². The summed E-state index contributed by atoms with van der Waals surface area (Å²) in [6, 6.07) is 11.8. The van der Waals surface area contributed by atoms with Crippen LogP contribution in [-0.2, 0) is 16.1 Å². The normalized spacial score (nSPS) is 17.6. The van der Waals surface area contributed by atoms with Crippen molar-refractivity contribution in [3.05, 3.63) is 64.0 Å². The topological polar surface area (TPSA) is 66.4 Å². The van der Waals surface area contributed by atoms with E-state index in [4.69, 9.17) is 0 Å². The van der Waals surface area contributed by atoms with E-state index >= 15 is 0 Å². The maximum Gasteiger partial charge on any atom is 0.278 e. The Balaban J connectivity index is 1.69. The molecule has 6 nitrogen and oxygen atoms in total. The molecule has 4 rings (SSSR count). The number of imide groups is 1. The zero-order valence-electron chi connectivity index (χ0n) is 18.3. The molecule has 2 aromatic rings. The lowest BCUT2D eigenvalue weighted by Crippen LogP contribution is -2.38. The third-order valence-corrected chi connectivity index (χ3v) is 6.85. The molecule has 1 aliphatic heterocycles. The molecule has 0 unspecified atom stereocenters. The highest BCUT2D eigenvalue weighted by atomic mass is 32.2. The molecule has 0 spiro atoms. The van der Waals surface area contributed by atoms with E-state index in [0.29, 0.717) is 15.8 Å². The molecule has 0 atom stereocenters. The van der Waals surface area contributed by atoms with Crippen molar-refractivity contribution in [3.63, 3.8) is 0 Å². The highest BCUT2D eigenvalue weighted by Crippen LogP contribution is 2.38. The summed E-state index contributed by atoms with van der Waals surface area (Å²) in [5.74, 6) is -0.493. The van der Waals surface area contributed by atoms with E-state index in [0.717, 1.165) is 42.6 Å². The molecule has 7 heteroatoms. The summed E-state index contributed by atoms with van der Waals surface area (Å²) in [4.78, 5) is 39.7. The molecular formula is C24H28N4O2S. The fourth-order valence-corrected chi connectivity index (χ4v) is 5.42. The molecule has 0 radical (unpaired) electrons. The van der Waals surface area contributed by atoms with Crippen LogP contribution in [0.15, 0.2) is 52.2 Å². The number of benzene rings is 1. The Morgan fingerprint density at radius 1 is 1.00 bits per heavy atom. The molecule has 1 saturated carbocycles. The molecule has 2 heterocycles. The zero-order valence-corrected chi connectivity index (χ0v) is 19.1. The number of aryl methyl sites for hydroxylation is 2. The fraction of sp³-hybridized carbons (Fsp3) is 0.417. The fourth-order valence-electron chi connectivity index (χ4n) is 4.34. The van der Waals surface area contributed by atoms with Crippen LogP contribution in [-0.4, -0.2) is 44.7 Å². The van der Waals surface area contributed by atoms with Crippen LogP contribution >= 0.6 is 11.8 Å². The first-order valence-electron chi connectivity index (χ1n) is 10.8. The number of hydrogen-bond donors (Lipinski definition) is 0. The lowest BCUT2D eigenvalue weighted by molar-refractivity contribution is -0.138. The van der Waals surface area contributed by atoms with Gasteiger partial charge in [-0.05, 0) is 50.1 Å². The molecule has 2 amide bonds. The molecule has 1 aliphatic carbocycles. The Morgan fingerprint density at radius 3 is 2.29 bits per heavy atom. The van der Waals surface area contributed by atoms with Crippen LogP contribution in [0.5, 0.6) is 0 Å². The Morgan fingerprint density at radius 2 is 1.65 bits per heavy atom. The summed E-state index contributed by atoms with van der Waals surface area (Å²) >= 11 is 1.21. The molecule has 0 saturated heterocycles. The van der Waals surface area contributed by atoms with Crippen LogP contribution in [0.2, 0.25) is 0 Å². The minimum atomic E-state index is -0.265. The number of nitrogens with zero attached hydrogens (tertiary/aromatic N) is 4. The minimum absolute atomic E-state index is 0.228. The smallest absolute Gasteiger partial charge is 0.278 e. The van der Waals surface area contributed by atoms with Crippen LogP contribution in [0.3, 0.4) is 0 Å². The van der Waals surface area contributed by atoms with Crippen LogP contribution < -0.4 is 0 Å². The molecule has 2 aliphatic rings. The van der Waals surface area contributed by atoms with Crippen molar-refractivity contribution < 1.29 is 9.59 Å². The minimum Gasteiger partial charge on any atom is -0.366 e. The zero-order chi connectivity index (χ0) is 22.0. The SMILES string of the molecule is Cc1cc(C)nc(SC2=C(N(C)C3CCCCC3)C(=O)N(Cc3ccccc3)C2=O)n1. The number of aromatic nitrogens is 2. The van der Waals surface area contributed by atoms with Gasteiger partial charge in [-0.25, -0.2) is 9.97 Å². The largest absolute Gasteiger partial charge is 0.366 e. The number of carbonyl (C=O) groups excluding carboxylic acids is 2. The van der Waals surface area contributed by atoms with Crippen LogP contribution in [0.25, 0.3) is 0 Å². The van der Waals surface area contributed by atoms with Crippen molar-refractivity contribution in [2.75, 3.05) is 7.05 Å². The Bertz CT molecular complexity index is 995. The summed E-state index contributed by atoms with van der Waals surface area (Å²) in [5.41, 5.74) is 3.10. The van der Waals surface area contributed by atoms with Gasteiger partial charge >= 0.3 is 0 Å². The predicted octanol–water partition coefficient (Wildman–Crippen LogP) is 4.23. The van der Waals surface area contributed by atoms with Gasteiger partial charge in [0.15, 0.2) is 5.16 Å². The van der Waals surface area contributed by atoms with Gasteiger partial charge < -0.3 is 4.90 Å². The molecule has 0 N–H and O–H groups in total. The van der Waals surface area contributed by atoms with Gasteiger partial charge in [-0.15, -0.1) is 0 Å². The quantitative estimate of drug-likeness (QED) is 0.499. The second-order valence-corrected chi connectivity index (χ2v) is 9.28. The maximum absolute atomic E-state index is 13.5. The van der Waals surface area contributed by atoms with Gasteiger partial charge in [0.25, 0.3) is 11.8 Å². The van der Waals surface area contributed by atoms with Gasteiger partial charge in [-0.3, -0.25) is 14.5 Å². The average molecular weight is 437 g/mol. The molecule has 0 bridgehead atoms. The van der Waals surface area contributed by atoms with Crippen molar-refractivity contribution in [2.45, 2.75) is 63.7 Å². The van der Waals surface area contributed by atoms with E-state index in [1.54, 1.807) is 0 Å². The van der Waals surface area contributed by atoms with Gasteiger partial charge in [0, 0.05) is 24.5 Å². The first kappa shape index (κ1) is 21.6. The Labute approximate surface area is 187 Å². The first-order chi connectivity index (χ1) is 14.9. The van der Waals surface area contributed by atoms with E-state index in [1.807, 2.05) is 62.2 Å². The predicted molar refractivity (Wildman–Crippen MR) is 121 cm³/mol. The van der Waals surface area contributed by atoms with Gasteiger partial charge in [0.1, 0.15) is 10.6 Å². The number of likely N-dealkylation sites (N-methyl/N-ethyl adjacent to an activating group) is 1. The lowest BCUT2D eigenvalue weighted by atomic mass is 9.94. The number of rotatable bonds is 6. The van der Waals surface area contributed by atoms with Crippen molar-refractivity contribution in [2.24, 2.45) is 0 Å². The van der Waals surface area contributed by atoms with Crippen LogP contribution in [0.1, 0.15) is 49.1 Å². The van der Waals surface area contributed by atoms with E-state index in [-0.39, 0.29) is 24.4 Å². The number of carbonyl (C=O) groups is 2. The third kappa shape index (κ3) is 4.66. The number of thioether (sulfide) groups is 1. The second-order valence-electron chi connectivity index (χ2n) is 8.30. The maximum atomic E-state index is 13.5. The molecule has 31 heavy (non-hydrogen) atoms. The highest BCUT2D eigenvalue weighted by molar-refractivity contribution is 8.04. The molecule has 1 fully saturated rings. The van der Waals surface area contributed by atoms with E-state index in [2.05, 4.69) is 9.97 Å². The summed E-state index contributed by atoms with van der Waals surface area (Å²) in [6.07, 6.45) is 5.62. The molecular weight excluding hydrogens is 408 g/mol. The summed E-state index contributed by atoms with van der Waals surface area (Å²) in [6.45, 7) is 4.08. The van der Waals surface area contributed by atoms with Crippen molar-refractivity contribution in [1.29, 1.82) is 0 Å². The van der Waals surface area contributed by atoms with Crippen molar-refractivity contribution in [1.82, 2.24) is 19.8 Å². The van der Waals surface area contributed by atoms with Gasteiger partial charge in [0.2, 0.25) is 0 Å². The van der Waals surface area contributed by atoms with E-state index in [9.17, 15) is 9.59 Å². The highest BCUT2D eigenvalue weighted by Gasteiger charge is 2.42. The average Bonchev–Trinajstić information content (AvgIpc) is 2.98. The summed E-state index contributed by atoms with van der Waals surface area (Å²) in [7, 11) is 1.95. The second kappa shape index (κ2) is 9.22. The van der Waals surface area contributed by atoms with Crippen molar-refractivity contribution in [3.8, 4) is 0 Å². The number of hydrogen-bond acceptors (Lipinski definition) is 6. The van der Waals surface area contributed by atoms with Crippen LogP contribution in [0.4, 0.5) is 0 Å². The van der Waals surface area contributed by atoms with Gasteiger partial charge in [0.05, 0.1) is 6.54 Å². The van der Waals surface area contributed by atoms with Crippen molar-refractivity contribution >= 4 is 23.6 Å². The first-order valence-corrected chi connectivity index (χ1v) is 11.6. The molecule has 162 valence electrons. The van der Waals surface area contributed by atoms with Gasteiger partial charge in [-0.2, -0.15) is 0 Å². The Hall–Kier alpha value is -2.67. The van der Waals surface area contributed by atoms with Gasteiger partial charge in [-0.1, -0.05) is 49.6 Å². The Kier molecular flexibility index (Phi) is 6.41. The molecule has 1 aromatic heterocycles. The van der Waals surface area contributed by atoms with Crippen LogP contribution in [0, 0.1) is 13.8 Å².